The van der Waals surface area contributed by atoms with E-state index in [2.05, 4.69) is 15.6 Å². The summed E-state index contributed by atoms with van der Waals surface area (Å²) >= 11 is 0. The average molecular weight is 264 g/mol. The van der Waals surface area contributed by atoms with E-state index in [1.54, 1.807) is 17.0 Å². The zero-order chi connectivity index (χ0) is 13.9. The summed E-state index contributed by atoms with van der Waals surface area (Å²) in [5, 5.41) is 6.69. The first kappa shape index (κ1) is 14.1. The molecule has 5 heteroatoms. The Morgan fingerprint density at radius 1 is 1.37 bits per heavy atom. The van der Waals surface area contributed by atoms with E-state index in [9.17, 15) is 4.79 Å². The van der Waals surface area contributed by atoms with Gasteiger partial charge < -0.3 is 15.2 Å². The fraction of sp³-hybridized carbons (Fsp3) is 0.714. The first-order valence-electron chi connectivity index (χ1n) is 7.04. The molecule has 0 amide bonds. The van der Waals surface area contributed by atoms with Crippen LogP contribution in [0.1, 0.15) is 40.0 Å². The Labute approximate surface area is 114 Å². The lowest BCUT2D eigenvalue weighted by Crippen LogP contribution is -2.36. The Hall–Kier alpha value is -1.36. The van der Waals surface area contributed by atoms with E-state index in [1.165, 1.54) is 0 Å². The number of aromatic nitrogens is 2. The molecule has 1 aliphatic heterocycles. The van der Waals surface area contributed by atoms with E-state index >= 15 is 0 Å². The minimum atomic E-state index is -0.221. The number of nitrogens with zero attached hydrogens (tertiary/aromatic N) is 2. The molecule has 5 nitrogen and oxygen atoms in total. The number of rotatable bonds is 2. The molecule has 0 spiro atoms. The standard InChI is InChI=1S/C14H24N4O/c1-14(2,3)18-10-9-16-12(13(18)19)17-11-5-4-7-15-8-6-11/h9-11,15H,4-8H2,1-3H3,(H,16,17). The molecule has 1 aliphatic rings. The summed E-state index contributed by atoms with van der Waals surface area (Å²) in [6.45, 7) is 8.12. The number of nitrogens with one attached hydrogen (secondary N) is 2. The summed E-state index contributed by atoms with van der Waals surface area (Å²) < 4.78 is 1.73. The predicted octanol–water partition coefficient (Wildman–Crippen LogP) is 1.55. The third-order valence-electron chi connectivity index (χ3n) is 3.48. The number of anilines is 1. The van der Waals surface area contributed by atoms with Gasteiger partial charge in [0, 0.05) is 24.0 Å². The number of hydrogen-bond acceptors (Lipinski definition) is 4. The zero-order valence-electron chi connectivity index (χ0n) is 12.1. The molecule has 106 valence electrons. The predicted molar refractivity (Wildman–Crippen MR) is 77.6 cm³/mol. The molecular formula is C14H24N4O. The molecule has 2 N–H and O–H groups in total. The van der Waals surface area contributed by atoms with Gasteiger partial charge in [0.2, 0.25) is 0 Å². The third-order valence-corrected chi connectivity index (χ3v) is 3.48. The van der Waals surface area contributed by atoms with Crippen LogP contribution in [-0.4, -0.2) is 28.7 Å². The molecule has 2 rings (SSSR count). The van der Waals surface area contributed by atoms with Crippen molar-refractivity contribution in [2.75, 3.05) is 18.4 Å². The summed E-state index contributed by atoms with van der Waals surface area (Å²) in [5.74, 6) is 0.476. The largest absolute Gasteiger partial charge is 0.363 e. The van der Waals surface area contributed by atoms with Crippen LogP contribution in [-0.2, 0) is 5.54 Å². The minimum Gasteiger partial charge on any atom is -0.363 e. The third kappa shape index (κ3) is 3.56. The average Bonchev–Trinajstić information content (AvgIpc) is 2.59. The lowest BCUT2D eigenvalue weighted by molar-refractivity contribution is 0.383. The van der Waals surface area contributed by atoms with Gasteiger partial charge in [0.1, 0.15) is 0 Å². The fourth-order valence-corrected chi connectivity index (χ4v) is 2.40. The highest BCUT2D eigenvalue weighted by molar-refractivity contribution is 5.32. The lowest BCUT2D eigenvalue weighted by Gasteiger charge is -2.23. The number of hydrogen-bond donors (Lipinski definition) is 2. The highest BCUT2D eigenvalue weighted by atomic mass is 16.1. The van der Waals surface area contributed by atoms with Crippen molar-refractivity contribution in [3.05, 3.63) is 22.7 Å². The van der Waals surface area contributed by atoms with Crippen molar-refractivity contribution in [3.63, 3.8) is 0 Å². The highest BCUT2D eigenvalue weighted by Gasteiger charge is 2.19. The Morgan fingerprint density at radius 3 is 2.89 bits per heavy atom. The van der Waals surface area contributed by atoms with Crippen LogP contribution in [0.5, 0.6) is 0 Å². The Morgan fingerprint density at radius 2 is 2.16 bits per heavy atom. The van der Waals surface area contributed by atoms with Gasteiger partial charge in [0.05, 0.1) is 0 Å². The van der Waals surface area contributed by atoms with Crippen molar-refractivity contribution in [3.8, 4) is 0 Å². The Bertz CT molecular complexity index is 467. The van der Waals surface area contributed by atoms with E-state index in [-0.39, 0.29) is 11.1 Å². The van der Waals surface area contributed by atoms with Gasteiger partial charge in [0.25, 0.3) is 5.56 Å². The van der Waals surface area contributed by atoms with Crippen LogP contribution in [0.2, 0.25) is 0 Å². The summed E-state index contributed by atoms with van der Waals surface area (Å²) in [4.78, 5) is 16.6. The molecule has 1 atom stereocenters. The van der Waals surface area contributed by atoms with Crippen LogP contribution in [0.15, 0.2) is 17.2 Å². The van der Waals surface area contributed by atoms with Crippen LogP contribution >= 0.6 is 0 Å². The maximum absolute atomic E-state index is 12.4. The molecule has 1 fully saturated rings. The van der Waals surface area contributed by atoms with Crippen LogP contribution in [0.3, 0.4) is 0 Å². The quantitative estimate of drug-likeness (QED) is 0.851. The maximum Gasteiger partial charge on any atom is 0.293 e. The van der Waals surface area contributed by atoms with E-state index < -0.39 is 0 Å². The monoisotopic (exact) mass is 264 g/mol. The minimum absolute atomic E-state index is 0.0350. The van der Waals surface area contributed by atoms with Gasteiger partial charge in [-0.15, -0.1) is 0 Å². The second-order valence-electron chi connectivity index (χ2n) is 6.14. The van der Waals surface area contributed by atoms with Crippen molar-refractivity contribution in [1.29, 1.82) is 0 Å². The molecular weight excluding hydrogens is 240 g/mol. The van der Waals surface area contributed by atoms with Gasteiger partial charge in [0.15, 0.2) is 5.82 Å². The van der Waals surface area contributed by atoms with Crippen LogP contribution in [0, 0.1) is 0 Å². The normalized spacial score (nSPS) is 20.9. The van der Waals surface area contributed by atoms with Gasteiger partial charge in [-0.1, -0.05) is 0 Å². The topological polar surface area (TPSA) is 59.0 Å². The van der Waals surface area contributed by atoms with Crippen LogP contribution in [0.25, 0.3) is 0 Å². The molecule has 0 aromatic carbocycles. The molecule has 0 aliphatic carbocycles. The molecule has 0 saturated carbocycles. The van der Waals surface area contributed by atoms with E-state index in [0.29, 0.717) is 11.9 Å². The lowest BCUT2D eigenvalue weighted by atomic mass is 10.1. The summed E-state index contributed by atoms with van der Waals surface area (Å²) in [5.41, 5.74) is -0.256. The Balaban J connectivity index is 2.18. The zero-order valence-corrected chi connectivity index (χ0v) is 12.1. The van der Waals surface area contributed by atoms with Gasteiger partial charge in [-0.2, -0.15) is 0 Å². The van der Waals surface area contributed by atoms with E-state index in [1.807, 2.05) is 20.8 Å². The molecule has 1 saturated heterocycles. The summed E-state index contributed by atoms with van der Waals surface area (Å²) in [6, 6.07) is 0.339. The highest BCUT2D eigenvalue weighted by Crippen LogP contribution is 2.13. The first-order chi connectivity index (χ1) is 8.98. The smallest absolute Gasteiger partial charge is 0.293 e. The van der Waals surface area contributed by atoms with Crippen molar-refractivity contribution >= 4 is 5.82 Å². The fourth-order valence-electron chi connectivity index (χ4n) is 2.40. The van der Waals surface area contributed by atoms with E-state index in [4.69, 9.17) is 0 Å². The Kier molecular flexibility index (Phi) is 4.24. The van der Waals surface area contributed by atoms with Crippen molar-refractivity contribution in [2.45, 2.75) is 51.6 Å². The second-order valence-corrected chi connectivity index (χ2v) is 6.14. The molecule has 0 radical (unpaired) electrons. The van der Waals surface area contributed by atoms with Gasteiger partial charge >= 0.3 is 0 Å². The summed E-state index contributed by atoms with van der Waals surface area (Å²) in [7, 11) is 0. The van der Waals surface area contributed by atoms with Gasteiger partial charge in [-0.05, 0) is 53.1 Å². The van der Waals surface area contributed by atoms with Crippen LogP contribution < -0.4 is 16.2 Å². The molecule has 2 heterocycles. The van der Waals surface area contributed by atoms with E-state index in [0.717, 1.165) is 32.4 Å². The van der Waals surface area contributed by atoms with Crippen molar-refractivity contribution in [2.24, 2.45) is 0 Å². The van der Waals surface area contributed by atoms with Gasteiger partial charge in [-0.25, -0.2) is 4.98 Å². The molecule has 1 unspecified atom stereocenters. The maximum atomic E-state index is 12.4. The van der Waals surface area contributed by atoms with Crippen LogP contribution in [0.4, 0.5) is 5.82 Å². The SMILES string of the molecule is CC(C)(C)n1ccnc(NC2CCCNCC2)c1=O. The summed E-state index contributed by atoms with van der Waals surface area (Å²) in [6.07, 6.45) is 6.70. The van der Waals surface area contributed by atoms with Crippen molar-refractivity contribution in [1.82, 2.24) is 14.9 Å². The molecule has 1 aromatic rings. The molecule has 0 bridgehead atoms. The second kappa shape index (κ2) is 5.74. The first-order valence-corrected chi connectivity index (χ1v) is 7.04. The molecule has 19 heavy (non-hydrogen) atoms. The van der Waals surface area contributed by atoms with Crippen molar-refractivity contribution < 1.29 is 0 Å². The van der Waals surface area contributed by atoms with Gasteiger partial charge in [-0.3, -0.25) is 4.79 Å². The molecule has 1 aromatic heterocycles.